The van der Waals surface area contributed by atoms with Gasteiger partial charge in [-0.1, -0.05) is 6.07 Å². The van der Waals surface area contributed by atoms with E-state index in [2.05, 4.69) is 5.32 Å². The van der Waals surface area contributed by atoms with Crippen LogP contribution in [0.4, 0.5) is 8.78 Å². The molecule has 16 heavy (non-hydrogen) atoms. The molecule has 1 aromatic carbocycles. The zero-order valence-corrected chi connectivity index (χ0v) is 8.92. The first-order valence-corrected chi connectivity index (χ1v) is 5.50. The third-order valence-electron chi connectivity index (χ3n) is 2.80. The molecule has 0 amide bonds. The number of hydrogen-bond acceptors (Lipinski definition) is 2. The molecule has 1 aliphatic rings. The van der Waals surface area contributed by atoms with Gasteiger partial charge in [0.2, 0.25) is 0 Å². The SMILES string of the molecule is OC(CNCC1CC1)c1ccc(F)c(F)c1. The Labute approximate surface area is 93.3 Å². The second kappa shape index (κ2) is 4.89. The van der Waals surface area contributed by atoms with Crippen LogP contribution in [-0.2, 0) is 0 Å². The van der Waals surface area contributed by atoms with E-state index < -0.39 is 17.7 Å². The molecule has 2 rings (SSSR count). The highest BCUT2D eigenvalue weighted by Crippen LogP contribution is 2.27. The number of rotatable bonds is 5. The number of hydrogen-bond donors (Lipinski definition) is 2. The van der Waals surface area contributed by atoms with Crippen LogP contribution in [0.3, 0.4) is 0 Å². The molecule has 0 aliphatic heterocycles. The van der Waals surface area contributed by atoms with E-state index in [0.29, 0.717) is 12.1 Å². The fourth-order valence-electron chi connectivity index (χ4n) is 1.58. The Morgan fingerprint density at radius 2 is 2.06 bits per heavy atom. The lowest BCUT2D eigenvalue weighted by atomic mass is 10.1. The first-order chi connectivity index (χ1) is 7.66. The summed E-state index contributed by atoms with van der Waals surface area (Å²) in [6.07, 6.45) is 1.71. The minimum Gasteiger partial charge on any atom is -0.387 e. The summed E-state index contributed by atoms with van der Waals surface area (Å²) < 4.78 is 25.5. The van der Waals surface area contributed by atoms with Gasteiger partial charge in [0.1, 0.15) is 0 Å². The quantitative estimate of drug-likeness (QED) is 0.806. The molecule has 0 heterocycles. The number of aliphatic hydroxyl groups excluding tert-OH is 1. The van der Waals surface area contributed by atoms with Crippen molar-refractivity contribution < 1.29 is 13.9 Å². The van der Waals surface area contributed by atoms with E-state index in [0.717, 1.165) is 24.6 Å². The zero-order valence-electron chi connectivity index (χ0n) is 8.92. The lowest BCUT2D eigenvalue weighted by Crippen LogP contribution is -2.23. The van der Waals surface area contributed by atoms with Crippen LogP contribution in [0.1, 0.15) is 24.5 Å². The van der Waals surface area contributed by atoms with Crippen molar-refractivity contribution in [2.75, 3.05) is 13.1 Å². The maximum Gasteiger partial charge on any atom is 0.159 e. The van der Waals surface area contributed by atoms with Crippen molar-refractivity contribution >= 4 is 0 Å². The average molecular weight is 227 g/mol. The van der Waals surface area contributed by atoms with Gasteiger partial charge >= 0.3 is 0 Å². The van der Waals surface area contributed by atoms with Crippen LogP contribution in [-0.4, -0.2) is 18.2 Å². The number of aliphatic hydroxyl groups is 1. The third-order valence-corrected chi connectivity index (χ3v) is 2.80. The van der Waals surface area contributed by atoms with E-state index >= 15 is 0 Å². The highest BCUT2D eigenvalue weighted by Gasteiger charge is 2.21. The van der Waals surface area contributed by atoms with Gasteiger partial charge < -0.3 is 10.4 Å². The van der Waals surface area contributed by atoms with E-state index in [1.165, 1.54) is 18.9 Å². The summed E-state index contributed by atoms with van der Waals surface area (Å²) >= 11 is 0. The number of nitrogens with one attached hydrogen (secondary N) is 1. The molecular formula is C12H15F2NO. The predicted molar refractivity (Wildman–Crippen MR) is 56.9 cm³/mol. The first-order valence-electron chi connectivity index (χ1n) is 5.50. The molecular weight excluding hydrogens is 212 g/mol. The Bertz CT molecular complexity index is 366. The lowest BCUT2D eigenvalue weighted by Gasteiger charge is -2.12. The van der Waals surface area contributed by atoms with Crippen molar-refractivity contribution in [3.8, 4) is 0 Å². The summed E-state index contributed by atoms with van der Waals surface area (Å²) in [6, 6.07) is 3.48. The molecule has 0 radical (unpaired) electrons. The molecule has 0 spiro atoms. The predicted octanol–water partition coefficient (Wildman–Crippen LogP) is 2.00. The smallest absolute Gasteiger partial charge is 0.159 e. The zero-order chi connectivity index (χ0) is 11.5. The summed E-state index contributed by atoms with van der Waals surface area (Å²) in [5.74, 6) is -1.07. The van der Waals surface area contributed by atoms with E-state index in [4.69, 9.17) is 0 Å². The van der Waals surface area contributed by atoms with Crippen molar-refractivity contribution in [2.45, 2.75) is 18.9 Å². The Morgan fingerprint density at radius 1 is 1.31 bits per heavy atom. The monoisotopic (exact) mass is 227 g/mol. The van der Waals surface area contributed by atoms with Gasteiger partial charge in [0.15, 0.2) is 11.6 Å². The van der Waals surface area contributed by atoms with E-state index in [1.54, 1.807) is 0 Å². The van der Waals surface area contributed by atoms with Crippen LogP contribution in [0.15, 0.2) is 18.2 Å². The fraction of sp³-hybridized carbons (Fsp3) is 0.500. The molecule has 0 bridgehead atoms. The molecule has 0 saturated heterocycles. The van der Waals surface area contributed by atoms with E-state index in [9.17, 15) is 13.9 Å². The third kappa shape index (κ3) is 3.00. The summed E-state index contributed by atoms with van der Waals surface area (Å²) in [4.78, 5) is 0. The second-order valence-corrected chi connectivity index (χ2v) is 4.29. The van der Waals surface area contributed by atoms with E-state index in [-0.39, 0.29) is 0 Å². The van der Waals surface area contributed by atoms with Crippen LogP contribution in [0.2, 0.25) is 0 Å². The summed E-state index contributed by atoms with van der Waals surface area (Å²) in [7, 11) is 0. The van der Waals surface area contributed by atoms with Crippen LogP contribution < -0.4 is 5.32 Å². The van der Waals surface area contributed by atoms with Gasteiger partial charge in [0, 0.05) is 6.54 Å². The summed E-state index contributed by atoms with van der Waals surface area (Å²) in [5, 5.41) is 12.8. The molecule has 4 heteroatoms. The van der Waals surface area contributed by atoms with Gasteiger partial charge in [0.05, 0.1) is 6.10 Å². The maximum absolute atomic E-state index is 12.9. The number of halogens is 2. The van der Waals surface area contributed by atoms with Crippen LogP contribution in [0, 0.1) is 17.6 Å². The van der Waals surface area contributed by atoms with Crippen molar-refractivity contribution in [3.05, 3.63) is 35.4 Å². The molecule has 0 aromatic heterocycles. The first kappa shape index (κ1) is 11.5. The topological polar surface area (TPSA) is 32.3 Å². The minimum atomic E-state index is -0.918. The molecule has 2 N–H and O–H groups in total. The molecule has 2 nitrogen and oxygen atoms in total. The van der Waals surface area contributed by atoms with Gasteiger partial charge in [-0.25, -0.2) is 8.78 Å². The largest absolute Gasteiger partial charge is 0.387 e. The van der Waals surface area contributed by atoms with Crippen molar-refractivity contribution in [1.29, 1.82) is 0 Å². The second-order valence-electron chi connectivity index (χ2n) is 4.29. The Kier molecular flexibility index (Phi) is 3.51. The Hall–Kier alpha value is -1.00. The highest BCUT2D eigenvalue weighted by molar-refractivity contribution is 5.20. The van der Waals surface area contributed by atoms with Gasteiger partial charge in [-0.05, 0) is 43.0 Å². The highest BCUT2D eigenvalue weighted by atomic mass is 19.2. The van der Waals surface area contributed by atoms with Crippen molar-refractivity contribution in [2.24, 2.45) is 5.92 Å². The van der Waals surface area contributed by atoms with Gasteiger partial charge in [-0.2, -0.15) is 0 Å². The maximum atomic E-state index is 12.9. The van der Waals surface area contributed by atoms with Crippen molar-refractivity contribution in [3.63, 3.8) is 0 Å². The fourth-order valence-corrected chi connectivity index (χ4v) is 1.58. The van der Waals surface area contributed by atoms with Gasteiger partial charge in [-0.3, -0.25) is 0 Å². The standard InChI is InChI=1S/C12H15F2NO/c13-10-4-3-9(5-11(10)14)12(16)7-15-6-8-1-2-8/h3-5,8,12,15-16H,1-2,6-7H2. The van der Waals surface area contributed by atoms with Crippen LogP contribution in [0.25, 0.3) is 0 Å². The summed E-state index contributed by atoms with van der Waals surface area (Å²) in [5.41, 5.74) is 0.405. The number of benzene rings is 1. The molecule has 88 valence electrons. The minimum absolute atomic E-state index is 0.377. The van der Waals surface area contributed by atoms with Gasteiger partial charge in [0.25, 0.3) is 0 Å². The molecule has 1 saturated carbocycles. The summed E-state index contributed by atoms with van der Waals surface area (Å²) in [6.45, 7) is 1.27. The Morgan fingerprint density at radius 3 is 2.69 bits per heavy atom. The van der Waals surface area contributed by atoms with Crippen LogP contribution in [0.5, 0.6) is 0 Å². The van der Waals surface area contributed by atoms with Crippen LogP contribution >= 0.6 is 0 Å². The lowest BCUT2D eigenvalue weighted by molar-refractivity contribution is 0.174. The van der Waals surface area contributed by atoms with Gasteiger partial charge in [-0.15, -0.1) is 0 Å². The average Bonchev–Trinajstić information content (AvgIpc) is 3.06. The molecule has 1 fully saturated rings. The molecule has 1 aromatic rings. The normalized spacial score (nSPS) is 17.4. The molecule has 1 atom stereocenters. The van der Waals surface area contributed by atoms with Crippen molar-refractivity contribution in [1.82, 2.24) is 5.32 Å². The Balaban J connectivity index is 1.86. The molecule has 1 aliphatic carbocycles. The van der Waals surface area contributed by atoms with E-state index in [1.807, 2.05) is 0 Å². The molecule has 1 unspecified atom stereocenters.